The van der Waals surface area contributed by atoms with E-state index in [1.807, 2.05) is 34.9 Å². The molecule has 120 valence electrons. The average molecular weight is 320 g/mol. The lowest BCUT2D eigenvalue weighted by Gasteiger charge is -2.24. The highest BCUT2D eigenvalue weighted by molar-refractivity contribution is 7.11. The van der Waals surface area contributed by atoms with E-state index in [1.54, 1.807) is 27.1 Å². The molecule has 0 aliphatic carbocycles. The summed E-state index contributed by atoms with van der Waals surface area (Å²) < 4.78 is 1.78. The Balaban J connectivity index is 2.29. The first kappa shape index (κ1) is 16.7. The van der Waals surface area contributed by atoms with Crippen LogP contribution in [0.15, 0.2) is 6.33 Å². The molecule has 0 N–H and O–H groups in total. The molecule has 1 amide bonds. The number of aromatic nitrogens is 3. The molecule has 0 aliphatic heterocycles. The van der Waals surface area contributed by atoms with Crippen molar-refractivity contribution in [3.05, 3.63) is 33.3 Å². The van der Waals surface area contributed by atoms with Crippen LogP contribution >= 0.6 is 11.3 Å². The number of amides is 1. The summed E-state index contributed by atoms with van der Waals surface area (Å²) in [5, 5.41) is 1.12. The summed E-state index contributed by atoms with van der Waals surface area (Å²) in [6.45, 7) is 10.2. The van der Waals surface area contributed by atoms with E-state index in [0.29, 0.717) is 11.6 Å². The van der Waals surface area contributed by atoms with Gasteiger partial charge >= 0.3 is 0 Å². The van der Waals surface area contributed by atoms with Crippen molar-refractivity contribution in [3.63, 3.8) is 0 Å². The normalized spacial score (nSPS) is 12.7. The predicted molar refractivity (Wildman–Crippen MR) is 89.4 cm³/mol. The van der Waals surface area contributed by atoms with E-state index in [4.69, 9.17) is 0 Å². The number of imidazole rings is 1. The van der Waals surface area contributed by atoms with Gasteiger partial charge in [0, 0.05) is 24.9 Å². The van der Waals surface area contributed by atoms with Crippen molar-refractivity contribution >= 4 is 17.2 Å². The molecular formula is C16H24N4OS. The fourth-order valence-electron chi connectivity index (χ4n) is 2.44. The first-order valence-corrected chi connectivity index (χ1v) is 8.28. The van der Waals surface area contributed by atoms with Gasteiger partial charge in [-0.2, -0.15) is 0 Å². The smallest absolute Gasteiger partial charge is 0.272 e. The maximum Gasteiger partial charge on any atom is 0.272 e. The minimum Gasteiger partial charge on any atom is -0.333 e. The van der Waals surface area contributed by atoms with Crippen molar-refractivity contribution in [2.75, 3.05) is 7.05 Å². The van der Waals surface area contributed by atoms with Crippen molar-refractivity contribution < 1.29 is 4.79 Å². The molecule has 0 radical (unpaired) electrons. The van der Waals surface area contributed by atoms with E-state index in [9.17, 15) is 4.79 Å². The molecule has 6 heteroatoms. The molecule has 0 spiro atoms. The van der Waals surface area contributed by atoms with E-state index >= 15 is 0 Å². The Kier molecular flexibility index (Phi) is 4.70. The highest BCUT2D eigenvalue weighted by Crippen LogP contribution is 2.32. The second-order valence-electron chi connectivity index (χ2n) is 6.04. The standard InChI is InChI=1S/C16H24N4OS/c1-9(2)15-18-11(4)14(22-15)12(5)20(7)16(21)13-10(3)17-8-19(13)6/h8-9,12H,1-7H3. The Bertz CT molecular complexity index is 667. The van der Waals surface area contributed by atoms with E-state index in [1.165, 1.54) is 0 Å². The van der Waals surface area contributed by atoms with Gasteiger partial charge in [0.25, 0.3) is 5.91 Å². The molecule has 2 aromatic rings. The van der Waals surface area contributed by atoms with Crippen LogP contribution in [0.2, 0.25) is 0 Å². The first-order valence-electron chi connectivity index (χ1n) is 7.46. The Hall–Kier alpha value is -1.69. The van der Waals surface area contributed by atoms with Crippen molar-refractivity contribution in [3.8, 4) is 0 Å². The van der Waals surface area contributed by atoms with Gasteiger partial charge in [-0.1, -0.05) is 13.8 Å². The highest BCUT2D eigenvalue weighted by Gasteiger charge is 2.26. The largest absolute Gasteiger partial charge is 0.333 e. The summed E-state index contributed by atoms with van der Waals surface area (Å²) >= 11 is 1.70. The first-order chi connectivity index (χ1) is 10.2. The maximum absolute atomic E-state index is 12.8. The second-order valence-corrected chi connectivity index (χ2v) is 7.10. The van der Waals surface area contributed by atoms with Gasteiger partial charge < -0.3 is 9.47 Å². The van der Waals surface area contributed by atoms with E-state index in [0.717, 1.165) is 21.3 Å². The number of carbonyl (C=O) groups excluding carboxylic acids is 1. The SMILES string of the molecule is Cc1nc(C(C)C)sc1C(C)N(C)C(=O)c1c(C)ncn1C. The average Bonchev–Trinajstić information content (AvgIpc) is 3.00. The molecule has 0 saturated carbocycles. The highest BCUT2D eigenvalue weighted by atomic mass is 32.1. The van der Waals surface area contributed by atoms with E-state index < -0.39 is 0 Å². The van der Waals surface area contributed by atoms with E-state index in [-0.39, 0.29) is 11.9 Å². The van der Waals surface area contributed by atoms with E-state index in [2.05, 4.69) is 23.8 Å². The van der Waals surface area contributed by atoms with Crippen LogP contribution in [-0.4, -0.2) is 32.4 Å². The summed E-state index contributed by atoms with van der Waals surface area (Å²) in [7, 11) is 3.69. The number of hydrogen-bond donors (Lipinski definition) is 0. The quantitative estimate of drug-likeness (QED) is 0.867. The van der Waals surface area contributed by atoms with Gasteiger partial charge in [0.2, 0.25) is 0 Å². The third-order valence-corrected chi connectivity index (χ3v) is 5.57. The molecule has 0 aromatic carbocycles. The third-order valence-electron chi connectivity index (χ3n) is 3.95. The molecule has 2 heterocycles. The van der Waals surface area contributed by atoms with Gasteiger partial charge in [-0.25, -0.2) is 9.97 Å². The number of aryl methyl sites for hydroxylation is 3. The Morgan fingerprint density at radius 3 is 2.36 bits per heavy atom. The lowest BCUT2D eigenvalue weighted by molar-refractivity contribution is 0.0734. The molecule has 0 fully saturated rings. The van der Waals surface area contributed by atoms with Crippen molar-refractivity contribution in [2.45, 2.75) is 46.6 Å². The molecular weight excluding hydrogens is 296 g/mol. The second kappa shape index (κ2) is 6.20. The zero-order valence-electron chi connectivity index (χ0n) is 14.3. The molecule has 1 unspecified atom stereocenters. The lowest BCUT2D eigenvalue weighted by Crippen LogP contribution is -2.31. The fraction of sp³-hybridized carbons (Fsp3) is 0.562. The van der Waals surface area contributed by atoms with Crippen LogP contribution in [0.3, 0.4) is 0 Å². The van der Waals surface area contributed by atoms with Gasteiger partial charge in [-0.15, -0.1) is 11.3 Å². The van der Waals surface area contributed by atoms with Gasteiger partial charge in [0.15, 0.2) is 0 Å². The molecule has 2 aromatic heterocycles. The molecule has 0 aliphatic rings. The molecule has 1 atom stereocenters. The third kappa shape index (κ3) is 2.92. The van der Waals surface area contributed by atoms with Crippen molar-refractivity contribution in [1.29, 1.82) is 0 Å². The van der Waals surface area contributed by atoms with Crippen LogP contribution in [-0.2, 0) is 7.05 Å². The predicted octanol–water partition coefficient (Wildman–Crippen LogP) is 3.45. The molecule has 2 rings (SSSR count). The molecule has 22 heavy (non-hydrogen) atoms. The number of thiazole rings is 1. The topological polar surface area (TPSA) is 51.0 Å². The van der Waals surface area contributed by atoms with Gasteiger partial charge in [-0.3, -0.25) is 4.79 Å². The Morgan fingerprint density at radius 1 is 1.27 bits per heavy atom. The molecule has 0 bridgehead atoms. The summed E-state index contributed by atoms with van der Waals surface area (Å²) in [6.07, 6.45) is 1.68. The monoisotopic (exact) mass is 320 g/mol. The number of hydrogen-bond acceptors (Lipinski definition) is 4. The van der Waals surface area contributed by atoms with Crippen LogP contribution in [0.4, 0.5) is 0 Å². The van der Waals surface area contributed by atoms with Gasteiger partial charge in [-0.05, 0) is 20.8 Å². The molecule has 5 nitrogen and oxygen atoms in total. The summed E-state index contributed by atoms with van der Waals surface area (Å²) in [6, 6.07) is -0.00759. The van der Waals surface area contributed by atoms with Gasteiger partial charge in [0.1, 0.15) is 5.69 Å². The minimum absolute atomic E-state index is 0.00759. The fourth-order valence-corrected chi connectivity index (χ4v) is 3.60. The van der Waals surface area contributed by atoms with Gasteiger partial charge in [0.05, 0.1) is 28.8 Å². The van der Waals surface area contributed by atoms with Crippen molar-refractivity contribution in [2.24, 2.45) is 7.05 Å². The number of rotatable bonds is 4. The van der Waals surface area contributed by atoms with Crippen LogP contribution in [0.25, 0.3) is 0 Å². The van der Waals surface area contributed by atoms with Crippen LogP contribution in [0.1, 0.15) is 64.5 Å². The Morgan fingerprint density at radius 2 is 1.91 bits per heavy atom. The summed E-state index contributed by atoms with van der Waals surface area (Å²) in [5.41, 5.74) is 2.42. The summed E-state index contributed by atoms with van der Waals surface area (Å²) in [5.74, 6) is 0.397. The number of carbonyl (C=O) groups is 1. The lowest BCUT2D eigenvalue weighted by atomic mass is 10.2. The van der Waals surface area contributed by atoms with Crippen LogP contribution in [0.5, 0.6) is 0 Å². The minimum atomic E-state index is -0.0103. The zero-order valence-corrected chi connectivity index (χ0v) is 15.2. The zero-order chi connectivity index (χ0) is 16.6. The summed E-state index contributed by atoms with van der Waals surface area (Å²) in [4.78, 5) is 24.5. The number of nitrogens with zero attached hydrogens (tertiary/aromatic N) is 4. The Labute approximate surface area is 136 Å². The maximum atomic E-state index is 12.8. The van der Waals surface area contributed by atoms with Crippen molar-refractivity contribution in [1.82, 2.24) is 19.4 Å². The van der Waals surface area contributed by atoms with Crippen LogP contribution in [0, 0.1) is 13.8 Å². The molecule has 0 saturated heterocycles. The van der Waals surface area contributed by atoms with Crippen LogP contribution < -0.4 is 0 Å².